The van der Waals surface area contributed by atoms with E-state index in [1.54, 1.807) is 0 Å². The second kappa shape index (κ2) is 7.38. The van der Waals surface area contributed by atoms with Gasteiger partial charge in [0.25, 0.3) is 0 Å². The molecule has 0 N–H and O–H groups in total. The second-order valence-electron chi connectivity index (χ2n) is 5.71. The summed E-state index contributed by atoms with van der Waals surface area (Å²) in [6.07, 6.45) is 3.45. The maximum atomic E-state index is 2.54. The number of fused-ring (bicyclic) bond motifs is 2. The van der Waals surface area contributed by atoms with Gasteiger partial charge in [-0.3, -0.25) is 0 Å². The van der Waals surface area contributed by atoms with E-state index < -0.39 is 14.7 Å². The molecule has 0 saturated heterocycles. The van der Waals surface area contributed by atoms with Crippen molar-refractivity contribution >= 4 is 49.6 Å². The van der Waals surface area contributed by atoms with Gasteiger partial charge in [-0.25, -0.2) is 0 Å². The molecule has 3 rings (SSSR count). The molecule has 0 radical (unpaired) electrons. The topological polar surface area (TPSA) is 3.24 Å². The van der Waals surface area contributed by atoms with E-state index in [0.29, 0.717) is 0 Å². The Morgan fingerprint density at radius 1 is 1.05 bits per heavy atom. The Labute approximate surface area is 147 Å². The molecule has 1 heterocycles. The van der Waals surface area contributed by atoms with Crippen LogP contribution in [-0.2, 0) is 0 Å². The predicted molar refractivity (Wildman–Crippen MR) is 103 cm³/mol. The number of hydrogen-bond acceptors (Lipinski definition) is 3. The van der Waals surface area contributed by atoms with Crippen LogP contribution in [0.4, 0.5) is 11.4 Å². The fraction of sp³-hybridized carbons (Fsp3) is 0.333. The Bertz CT molecular complexity index is 657. The quantitative estimate of drug-likeness (QED) is 0.444. The summed E-state index contributed by atoms with van der Waals surface area (Å²) in [4.78, 5) is 6.66. The van der Waals surface area contributed by atoms with Gasteiger partial charge in [0.15, 0.2) is 0 Å². The van der Waals surface area contributed by atoms with E-state index in [9.17, 15) is 0 Å². The first-order valence-electron chi connectivity index (χ1n) is 7.56. The fourth-order valence-electron chi connectivity index (χ4n) is 2.72. The SMILES string of the molecule is CSc1ccc2c(c1)N(CCC[As](C)C)c1ccccc1S2. The zero-order valence-corrected chi connectivity index (χ0v) is 16.9. The number of para-hydroxylation sites is 1. The van der Waals surface area contributed by atoms with Crippen molar-refractivity contribution in [2.75, 3.05) is 17.7 Å². The van der Waals surface area contributed by atoms with Crippen molar-refractivity contribution in [2.45, 2.75) is 37.7 Å². The third-order valence-electron chi connectivity index (χ3n) is 3.82. The molecule has 4 heteroatoms. The van der Waals surface area contributed by atoms with Gasteiger partial charge in [0, 0.05) is 0 Å². The molecule has 0 saturated carbocycles. The van der Waals surface area contributed by atoms with E-state index in [1.807, 2.05) is 23.5 Å². The summed E-state index contributed by atoms with van der Waals surface area (Å²) in [5.74, 6) is 0. The summed E-state index contributed by atoms with van der Waals surface area (Å²) in [5, 5.41) is 1.43. The van der Waals surface area contributed by atoms with Crippen LogP contribution in [0.15, 0.2) is 57.2 Å². The van der Waals surface area contributed by atoms with Crippen molar-refractivity contribution < 1.29 is 0 Å². The van der Waals surface area contributed by atoms with E-state index in [2.05, 4.69) is 65.0 Å². The van der Waals surface area contributed by atoms with Crippen LogP contribution >= 0.6 is 23.5 Å². The zero-order valence-electron chi connectivity index (χ0n) is 13.4. The molecule has 0 amide bonds. The molecule has 0 atom stereocenters. The summed E-state index contributed by atoms with van der Waals surface area (Å²) >= 11 is 3.20. The molecule has 2 aromatic carbocycles. The fourth-order valence-corrected chi connectivity index (χ4v) is 5.86. The van der Waals surface area contributed by atoms with E-state index in [4.69, 9.17) is 0 Å². The van der Waals surface area contributed by atoms with Crippen LogP contribution in [0.2, 0.25) is 16.6 Å². The first-order valence-corrected chi connectivity index (χ1v) is 14.7. The monoisotopic (exact) mass is 391 g/mol. The summed E-state index contributed by atoms with van der Waals surface area (Å²) < 4.78 is 0. The molecule has 1 nitrogen and oxygen atoms in total. The van der Waals surface area contributed by atoms with Crippen molar-refractivity contribution in [3.63, 3.8) is 0 Å². The third-order valence-corrected chi connectivity index (χ3v) is 8.22. The standard InChI is InChI=1S/C18H22AsNS2/c1-19(2)11-6-12-20-15-7-4-5-8-17(15)22-18-10-9-14(21-3)13-16(18)20/h4-5,7-10,13H,6,11-12H2,1-3H3. The summed E-state index contributed by atoms with van der Waals surface area (Å²) in [7, 11) is 0. The Morgan fingerprint density at radius 2 is 1.82 bits per heavy atom. The van der Waals surface area contributed by atoms with Crippen molar-refractivity contribution in [3.05, 3.63) is 42.5 Å². The number of thioether (sulfide) groups is 1. The van der Waals surface area contributed by atoms with Crippen LogP contribution < -0.4 is 4.90 Å². The van der Waals surface area contributed by atoms with Gasteiger partial charge in [-0.2, -0.15) is 0 Å². The van der Waals surface area contributed by atoms with Gasteiger partial charge in [-0.15, -0.1) is 0 Å². The van der Waals surface area contributed by atoms with E-state index >= 15 is 0 Å². The number of nitrogens with zero attached hydrogens (tertiary/aromatic N) is 1. The number of benzene rings is 2. The summed E-state index contributed by atoms with van der Waals surface area (Å²) in [6, 6.07) is 15.7. The van der Waals surface area contributed by atoms with Crippen LogP contribution in [0.25, 0.3) is 0 Å². The zero-order chi connectivity index (χ0) is 15.5. The van der Waals surface area contributed by atoms with Gasteiger partial charge in [0.1, 0.15) is 0 Å². The van der Waals surface area contributed by atoms with E-state index in [0.717, 1.165) is 6.54 Å². The van der Waals surface area contributed by atoms with Crippen LogP contribution in [-0.4, -0.2) is 27.5 Å². The van der Waals surface area contributed by atoms with Crippen molar-refractivity contribution in [1.82, 2.24) is 0 Å². The molecule has 0 fully saturated rings. The molecular weight excluding hydrogens is 369 g/mol. The average molecular weight is 391 g/mol. The molecule has 2 aromatic rings. The molecule has 0 aromatic heterocycles. The number of hydrogen-bond donors (Lipinski definition) is 0. The molecule has 0 unspecified atom stereocenters. The van der Waals surface area contributed by atoms with Gasteiger partial charge < -0.3 is 0 Å². The van der Waals surface area contributed by atoms with E-state index in [1.165, 1.54) is 37.7 Å². The number of rotatable bonds is 5. The molecule has 0 bridgehead atoms. The third kappa shape index (κ3) is 3.53. The van der Waals surface area contributed by atoms with Gasteiger partial charge >= 0.3 is 147 Å². The minimum absolute atomic E-state index is 0.529. The van der Waals surface area contributed by atoms with Crippen LogP contribution in [0.3, 0.4) is 0 Å². The Hall–Kier alpha value is -0.502. The van der Waals surface area contributed by atoms with Crippen molar-refractivity contribution in [3.8, 4) is 0 Å². The maximum absolute atomic E-state index is 2.54. The normalized spacial score (nSPS) is 13.2. The molecule has 1 aliphatic rings. The number of anilines is 2. The van der Waals surface area contributed by atoms with E-state index in [-0.39, 0.29) is 0 Å². The first-order chi connectivity index (χ1) is 10.7. The average Bonchev–Trinajstić information content (AvgIpc) is 2.53. The minimum atomic E-state index is -0.529. The Balaban J connectivity index is 1.95. The molecule has 22 heavy (non-hydrogen) atoms. The van der Waals surface area contributed by atoms with Crippen LogP contribution in [0.1, 0.15) is 6.42 Å². The Morgan fingerprint density at radius 3 is 2.59 bits per heavy atom. The summed E-state index contributed by atoms with van der Waals surface area (Å²) in [5.41, 5.74) is 7.67. The Kier molecular flexibility index (Phi) is 5.49. The van der Waals surface area contributed by atoms with Crippen molar-refractivity contribution in [2.24, 2.45) is 0 Å². The molecule has 0 spiro atoms. The van der Waals surface area contributed by atoms with Gasteiger partial charge in [-0.05, 0) is 0 Å². The molecule has 0 aliphatic carbocycles. The van der Waals surface area contributed by atoms with Crippen molar-refractivity contribution in [1.29, 1.82) is 0 Å². The molecule has 116 valence electrons. The second-order valence-corrected chi connectivity index (χ2v) is 13.1. The molecular formula is C18H22AsNS2. The van der Waals surface area contributed by atoms with Gasteiger partial charge in [-0.1, -0.05) is 0 Å². The van der Waals surface area contributed by atoms with Crippen LogP contribution in [0, 0.1) is 0 Å². The van der Waals surface area contributed by atoms with Gasteiger partial charge in [0.2, 0.25) is 0 Å². The first kappa shape index (κ1) is 16.4. The van der Waals surface area contributed by atoms with Gasteiger partial charge in [0.05, 0.1) is 0 Å². The predicted octanol–water partition coefficient (Wildman–Crippen LogP) is 6.16. The molecule has 1 aliphatic heterocycles. The summed E-state index contributed by atoms with van der Waals surface area (Å²) in [6.45, 7) is 1.13. The van der Waals surface area contributed by atoms with Crippen LogP contribution in [0.5, 0.6) is 0 Å².